The topological polar surface area (TPSA) is 38.3 Å². The van der Waals surface area contributed by atoms with E-state index in [1.807, 2.05) is 91.0 Å². The number of benzene rings is 4. The van der Waals surface area contributed by atoms with Crippen LogP contribution in [0.25, 0.3) is 0 Å². The van der Waals surface area contributed by atoms with Gasteiger partial charge in [0.25, 0.3) is 0 Å². The molecule has 0 saturated carbocycles. The second kappa shape index (κ2) is 11.0. The van der Waals surface area contributed by atoms with Crippen LogP contribution in [-0.2, 0) is 11.2 Å². The smallest absolute Gasteiger partial charge is 0.236 e. The van der Waals surface area contributed by atoms with Crippen LogP contribution in [0.15, 0.2) is 115 Å². The van der Waals surface area contributed by atoms with Gasteiger partial charge in [-0.05, 0) is 41.7 Å². The SMILES string of the molecule is O=C(Nc1cccc(OCCCc2ccccc2)c1)C(c1ccccc1)c1ccccc1. The lowest BCUT2D eigenvalue weighted by Crippen LogP contribution is -2.22. The summed E-state index contributed by atoms with van der Waals surface area (Å²) in [5.74, 6) is 0.309. The van der Waals surface area contributed by atoms with Crippen LogP contribution in [0.3, 0.4) is 0 Å². The van der Waals surface area contributed by atoms with Crippen LogP contribution in [0.4, 0.5) is 5.69 Å². The van der Waals surface area contributed by atoms with Gasteiger partial charge in [0.1, 0.15) is 5.75 Å². The zero-order valence-electron chi connectivity index (χ0n) is 18.0. The summed E-state index contributed by atoms with van der Waals surface area (Å²) in [7, 11) is 0. The van der Waals surface area contributed by atoms with Gasteiger partial charge in [-0.1, -0.05) is 97.1 Å². The van der Waals surface area contributed by atoms with Crippen molar-refractivity contribution in [2.45, 2.75) is 18.8 Å². The Hall–Kier alpha value is -3.85. The molecule has 0 aliphatic carbocycles. The van der Waals surface area contributed by atoms with Crippen LogP contribution in [0, 0.1) is 0 Å². The molecule has 0 bridgehead atoms. The van der Waals surface area contributed by atoms with Crippen molar-refractivity contribution < 1.29 is 9.53 Å². The highest BCUT2D eigenvalue weighted by Crippen LogP contribution is 2.27. The molecule has 3 nitrogen and oxygen atoms in total. The van der Waals surface area contributed by atoms with Crippen molar-refractivity contribution in [1.82, 2.24) is 0 Å². The standard InChI is InChI=1S/C29H27NO2/c31-29(28(24-15-6-2-7-16-24)25-17-8-3-9-18-25)30-26-19-10-20-27(22-26)32-21-11-14-23-12-4-1-5-13-23/h1-10,12-13,15-20,22,28H,11,14,21H2,(H,30,31). The predicted octanol–water partition coefficient (Wildman–Crippen LogP) is 6.47. The quantitative estimate of drug-likeness (QED) is 0.315. The number of rotatable bonds is 9. The van der Waals surface area contributed by atoms with Gasteiger partial charge in [-0.25, -0.2) is 0 Å². The highest BCUT2D eigenvalue weighted by atomic mass is 16.5. The van der Waals surface area contributed by atoms with Gasteiger partial charge in [0.2, 0.25) is 5.91 Å². The Balaban J connectivity index is 1.40. The molecule has 0 radical (unpaired) electrons. The first kappa shape index (κ1) is 21.4. The largest absolute Gasteiger partial charge is 0.494 e. The van der Waals surface area contributed by atoms with E-state index in [9.17, 15) is 4.79 Å². The summed E-state index contributed by atoms with van der Waals surface area (Å²) in [6.07, 6.45) is 1.91. The van der Waals surface area contributed by atoms with E-state index in [2.05, 4.69) is 29.6 Å². The molecule has 0 fully saturated rings. The summed E-state index contributed by atoms with van der Waals surface area (Å²) in [6.45, 7) is 0.628. The number of aryl methyl sites for hydroxylation is 1. The van der Waals surface area contributed by atoms with Crippen molar-refractivity contribution in [1.29, 1.82) is 0 Å². The van der Waals surface area contributed by atoms with Gasteiger partial charge in [0.15, 0.2) is 0 Å². The fourth-order valence-electron chi connectivity index (χ4n) is 3.78. The van der Waals surface area contributed by atoms with Crippen molar-refractivity contribution >= 4 is 11.6 Å². The first-order valence-electron chi connectivity index (χ1n) is 11.0. The van der Waals surface area contributed by atoms with E-state index in [4.69, 9.17) is 4.74 Å². The van der Waals surface area contributed by atoms with Crippen molar-refractivity contribution in [2.24, 2.45) is 0 Å². The normalized spacial score (nSPS) is 10.7. The minimum atomic E-state index is -0.382. The molecule has 4 rings (SSSR count). The summed E-state index contributed by atoms with van der Waals surface area (Å²) >= 11 is 0. The van der Waals surface area contributed by atoms with Gasteiger partial charge in [0, 0.05) is 11.8 Å². The van der Waals surface area contributed by atoms with E-state index in [0.717, 1.165) is 35.4 Å². The summed E-state index contributed by atoms with van der Waals surface area (Å²) in [4.78, 5) is 13.3. The highest BCUT2D eigenvalue weighted by molar-refractivity contribution is 5.98. The molecule has 0 aliphatic rings. The monoisotopic (exact) mass is 421 g/mol. The molecule has 3 heteroatoms. The molecule has 32 heavy (non-hydrogen) atoms. The van der Waals surface area contributed by atoms with Gasteiger partial charge >= 0.3 is 0 Å². The second-order valence-electron chi connectivity index (χ2n) is 7.71. The minimum absolute atomic E-state index is 0.0661. The molecule has 1 amide bonds. The molecule has 0 heterocycles. The van der Waals surface area contributed by atoms with E-state index in [-0.39, 0.29) is 11.8 Å². The zero-order chi connectivity index (χ0) is 22.0. The second-order valence-corrected chi connectivity index (χ2v) is 7.71. The maximum Gasteiger partial charge on any atom is 0.236 e. The first-order chi connectivity index (χ1) is 15.8. The summed E-state index contributed by atoms with van der Waals surface area (Å²) in [5, 5.41) is 3.08. The lowest BCUT2D eigenvalue weighted by molar-refractivity contribution is -0.116. The van der Waals surface area contributed by atoms with Crippen LogP contribution >= 0.6 is 0 Å². The Bertz CT molecular complexity index is 1070. The molecule has 0 unspecified atom stereocenters. The average Bonchev–Trinajstić information content (AvgIpc) is 2.84. The molecule has 0 spiro atoms. The molecule has 4 aromatic rings. The molecular weight excluding hydrogens is 394 g/mol. The molecule has 0 saturated heterocycles. The lowest BCUT2D eigenvalue weighted by atomic mass is 9.90. The van der Waals surface area contributed by atoms with Gasteiger partial charge in [-0.15, -0.1) is 0 Å². The van der Waals surface area contributed by atoms with Crippen LogP contribution < -0.4 is 10.1 Å². The zero-order valence-corrected chi connectivity index (χ0v) is 18.0. The van der Waals surface area contributed by atoms with Crippen molar-refractivity contribution in [3.8, 4) is 5.75 Å². The molecule has 0 atom stereocenters. The number of hydrogen-bond acceptors (Lipinski definition) is 2. The number of ether oxygens (including phenoxy) is 1. The van der Waals surface area contributed by atoms with Gasteiger partial charge in [-0.3, -0.25) is 4.79 Å². The Morgan fingerprint density at radius 3 is 1.94 bits per heavy atom. The number of nitrogens with one attached hydrogen (secondary N) is 1. The van der Waals surface area contributed by atoms with E-state index in [1.165, 1.54) is 5.56 Å². The Kier molecular flexibility index (Phi) is 7.33. The summed E-state index contributed by atoms with van der Waals surface area (Å²) in [6, 6.07) is 37.7. The van der Waals surface area contributed by atoms with Crippen LogP contribution in [0.5, 0.6) is 5.75 Å². The fourth-order valence-corrected chi connectivity index (χ4v) is 3.78. The summed E-state index contributed by atoms with van der Waals surface area (Å²) in [5.41, 5.74) is 3.96. The molecule has 0 aromatic heterocycles. The van der Waals surface area contributed by atoms with Gasteiger partial charge in [-0.2, -0.15) is 0 Å². The third kappa shape index (κ3) is 5.86. The molecule has 160 valence electrons. The average molecular weight is 422 g/mol. The summed E-state index contributed by atoms with van der Waals surface area (Å²) < 4.78 is 5.93. The third-order valence-electron chi connectivity index (χ3n) is 5.35. The van der Waals surface area contributed by atoms with E-state index >= 15 is 0 Å². The van der Waals surface area contributed by atoms with Crippen molar-refractivity contribution in [3.63, 3.8) is 0 Å². The van der Waals surface area contributed by atoms with Gasteiger partial charge < -0.3 is 10.1 Å². The van der Waals surface area contributed by atoms with E-state index < -0.39 is 0 Å². The molecule has 0 aliphatic heterocycles. The van der Waals surface area contributed by atoms with Crippen LogP contribution in [0.2, 0.25) is 0 Å². The van der Waals surface area contributed by atoms with E-state index in [1.54, 1.807) is 0 Å². The van der Waals surface area contributed by atoms with Crippen molar-refractivity contribution in [3.05, 3.63) is 132 Å². The maximum atomic E-state index is 13.3. The molecule has 4 aromatic carbocycles. The number of hydrogen-bond donors (Lipinski definition) is 1. The number of amides is 1. The Morgan fingerprint density at radius 2 is 1.31 bits per heavy atom. The Labute approximate surface area is 189 Å². The fraction of sp³-hybridized carbons (Fsp3) is 0.138. The number of carbonyl (C=O) groups excluding carboxylic acids is 1. The number of anilines is 1. The predicted molar refractivity (Wildman–Crippen MR) is 130 cm³/mol. The number of carbonyl (C=O) groups is 1. The Morgan fingerprint density at radius 1 is 0.719 bits per heavy atom. The van der Waals surface area contributed by atoms with Crippen LogP contribution in [-0.4, -0.2) is 12.5 Å². The molecular formula is C29H27NO2. The van der Waals surface area contributed by atoms with Gasteiger partial charge in [0.05, 0.1) is 12.5 Å². The lowest BCUT2D eigenvalue weighted by Gasteiger charge is -2.18. The highest BCUT2D eigenvalue weighted by Gasteiger charge is 2.22. The third-order valence-corrected chi connectivity index (χ3v) is 5.35. The minimum Gasteiger partial charge on any atom is -0.494 e. The first-order valence-corrected chi connectivity index (χ1v) is 11.0. The maximum absolute atomic E-state index is 13.3. The molecule has 1 N–H and O–H groups in total. The van der Waals surface area contributed by atoms with E-state index in [0.29, 0.717) is 6.61 Å². The van der Waals surface area contributed by atoms with Crippen molar-refractivity contribution in [2.75, 3.05) is 11.9 Å². The van der Waals surface area contributed by atoms with Crippen LogP contribution in [0.1, 0.15) is 29.0 Å².